The van der Waals surface area contributed by atoms with Crippen molar-refractivity contribution in [2.45, 2.75) is 52.4 Å². The molecule has 0 rings (SSSR count). The third-order valence-electron chi connectivity index (χ3n) is 2.68. The summed E-state index contributed by atoms with van der Waals surface area (Å²) in [7, 11) is 1.81. The van der Waals surface area contributed by atoms with E-state index >= 15 is 0 Å². The van der Waals surface area contributed by atoms with Crippen LogP contribution in [0.2, 0.25) is 0 Å². The summed E-state index contributed by atoms with van der Waals surface area (Å²) < 4.78 is 0. The average molecular weight is 253 g/mol. The minimum atomic E-state index is 0.176. The lowest BCUT2D eigenvalue weighted by molar-refractivity contribution is -0.129. The Labute approximate surface area is 112 Å². The molecular formula is C15H27NO2. The SMILES string of the molecule is CC(C)C#CCN(C)C(=O)CCCCCCCO. The second kappa shape index (κ2) is 11.1. The summed E-state index contributed by atoms with van der Waals surface area (Å²) >= 11 is 0. The molecule has 3 heteroatoms. The van der Waals surface area contributed by atoms with Crippen molar-refractivity contribution >= 4 is 5.91 Å². The van der Waals surface area contributed by atoms with Crippen LogP contribution in [0.4, 0.5) is 0 Å². The van der Waals surface area contributed by atoms with Crippen LogP contribution >= 0.6 is 0 Å². The molecule has 0 spiro atoms. The summed E-state index contributed by atoms with van der Waals surface area (Å²) in [5, 5.41) is 8.63. The topological polar surface area (TPSA) is 40.5 Å². The van der Waals surface area contributed by atoms with Crippen molar-refractivity contribution in [3.05, 3.63) is 0 Å². The molecular weight excluding hydrogens is 226 g/mol. The van der Waals surface area contributed by atoms with Crippen molar-refractivity contribution in [2.75, 3.05) is 20.2 Å². The molecule has 0 aromatic carbocycles. The van der Waals surface area contributed by atoms with E-state index in [1.54, 1.807) is 4.90 Å². The van der Waals surface area contributed by atoms with Gasteiger partial charge in [0.25, 0.3) is 0 Å². The van der Waals surface area contributed by atoms with Crippen molar-refractivity contribution in [1.82, 2.24) is 4.90 Å². The van der Waals surface area contributed by atoms with Gasteiger partial charge in [-0.2, -0.15) is 0 Å². The highest BCUT2D eigenvalue weighted by Gasteiger charge is 2.06. The van der Waals surface area contributed by atoms with E-state index < -0.39 is 0 Å². The lowest BCUT2D eigenvalue weighted by Gasteiger charge is -2.13. The van der Waals surface area contributed by atoms with E-state index in [-0.39, 0.29) is 12.5 Å². The molecule has 0 aromatic rings. The fourth-order valence-corrected chi connectivity index (χ4v) is 1.57. The monoisotopic (exact) mass is 253 g/mol. The van der Waals surface area contributed by atoms with Crippen molar-refractivity contribution in [2.24, 2.45) is 5.92 Å². The molecule has 1 amide bonds. The minimum Gasteiger partial charge on any atom is -0.396 e. The van der Waals surface area contributed by atoms with Crippen molar-refractivity contribution < 1.29 is 9.90 Å². The number of aliphatic hydroxyl groups is 1. The van der Waals surface area contributed by atoms with Gasteiger partial charge in [-0.15, -0.1) is 0 Å². The number of unbranched alkanes of at least 4 members (excludes halogenated alkanes) is 4. The molecule has 0 aliphatic rings. The lowest BCUT2D eigenvalue weighted by Crippen LogP contribution is -2.26. The van der Waals surface area contributed by atoms with Crippen molar-refractivity contribution in [3.8, 4) is 11.8 Å². The Bertz CT molecular complexity index is 276. The fraction of sp³-hybridized carbons (Fsp3) is 0.800. The maximum atomic E-state index is 11.7. The smallest absolute Gasteiger partial charge is 0.223 e. The molecule has 1 N–H and O–H groups in total. The van der Waals surface area contributed by atoms with Gasteiger partial charge in [0.1, 0.15) is 0 Å². The van der Waals surface area contributed by atoms with Crippen LogP contribution in [0.15, 0.2) is 0 Å². The van der Waals surface area contributed by atoms with Crippen LogP contribution in [0.5, 0.6) is 0 Å². The Morgan fingerprint density at radius 2 is 1.78 bits per heavy atom. The van der Waals surface area contributed by atoms with E-state index in [1.165, 1.54) is 0 Å². The Kier molecular flexibility index (Phi) is 10.5. The van der Waals surface area contributed by atoms with E-state index in [0.717, 1.165) is 32.1 Å². The molecule has 0 radical (unpaired) electrons. The maximum absolute atomic E-state index is 11.7. The van der Waals surface area contributed by atoms with Gasteiger partial charge in [0.2, 0.25) is 5.91 Å². The van der Waals surface area contributed by atoms with Gasteiger partial charge < -0.3 is 10.0 Å². The number of amides is 1. The van der Waals surface area contributed by atoms with Gasteiger partial charge >= 0.3 is 0 Å². The van der Waals surface area contributed by atoms with E-state index in [1.807, 2.05) is 20.9 Å². The summed E-state index contributed by atoms with van der Waals surface area (Å²) in [5.74, 6) is 6.60. The number of carbonyl (C=O) groups is 1. The molecule has 0 saturated heterocycles. The molecule has 0 aliphatic heterocycles. The third kappa shape index (κ3) is 10.2. The van der Waals surface area contributed by atoms with Crippen LogP contribution in [0.3, 0.4) is 0 Å². The summed E-state index contributed by atoms with van der Waals surface area (Å²) in [5.41, 5.74) is 0. The number of hydrogen-bond donors (Lipinski definition) is 1. The standard InChI is InChI=1S/C15H27NO2/c1-14(2)10-9-12-16(3)15(18)11-7-5-4-6-8-13-17/h14,17H,4-8,11-13H2,1-3H3. The Hall–Kier alpha value is -1.01. The van der Waals surface area contributed by atoms with Crippen molar-refractivity contribution in [3.63, 3.8) is 0 Å². The van der Waals surface area contributed by atoms with Gasteiger partial charge in [0, 0.05) is 26.0 Å². The number of nitrogens with zero attached hydrogens (tertiary/aromatic N) is 1. The third-order valence-corrected chi connectivity index (χ3v) is 2.68. The molecule has 104 valence electrons. The molecule has 0 atom stereocenters. The number of hydrogen-bond acceptors (Lipinski definition) is 2. The second-order valence-electron chi connectivity index (χ2n) is 4.97. The van der Waals surface area contributed by atoms with Crippen LogP contribution in [-0.4, -0.2) is 36.1 Å². The average Bonchev–Trinajstić information content (AvgIpc) is 2.32. The maximum Gasteiger partial charge on any atom is 0.223 e. The molecule has 0 bridgehead atoms. The Morgan fingerprint density at radius 3 is 2.39 bits per heavy atom. The lowest BCUT2D eigenvalue weighted by atomic mass is 10.1. The highest BCUT2D eigenvalue weighted by Crippen LogP contribution is 2.06. The highest BCUT2D eigenvalue weighted by atomic mass is 16.2. The predicted molar refractivity (Wildman–Crippen MR) is 75.0 cm³/mol. The van der Waals surface area contributed by atoms with Crippen LogP contribution in [-0.2, 0) is 4.79 Å². The first-order valence-corrected chi connectivity index (χ1v) is 6.91. The van der Waals surface area contributed by atoms with Crippen LogP contribution in [0, 0.1) is 17.8 Å². The molecule has 0 saturated carbocycles. The first kappa shape index (κ1) is 17.0. The normalized spacial score (nSPS) is 10.1. The zero-order valence-electron chi connectivity index (χ0n) is 12.0. The fourth-order valence-electron chi connectivity index (χ4n) is 1.57. The Morgan fingerprint density at radius 1 is 1.17 bits per heavy atom. The van der Waals surface area contributed by atoms with Gasteiger partial charge in [-0.3, -0.25) is 4.79 Å². The highest BCUT2D eigenvalue weighted by molar-refractivity contribution is 5.76. The minimum absolute atomic E-state index is 0.176. The zero-order valence-corrected chi connectivity index (χ0v) is 12.0. The largest absolute Gasteiger partial charge is 0.396 e. The van der Waals surface area contributed by atoms with E-state index in [9.17, 15) is 4.79 Å². The first-order valence-electron chi connectivity index (χ1n) is 6.91. The molecule has 0 fully saturated rings. The summed E-state index contributed by atoms with van der Waals surface area (Å²) in [6.45, 7) is 4.89. The predicted octanol–water partition coefficient (Wildman–Crippen LogP) is 2.44. The second-order valence-corrected chi connectivity index (χ2v) is 4.97. The van der Waals surface area contributed by atoms with Gasteiger partial charge in [0.15, 0.2) is 0 Å². The van der Waals surface area contributed by atoms with E-state index in [2.05, 4.69) is 11.8 Å². The van der Waals surface area contributed by atoms with Gasteiger partial charge in [-0.1, -0.05) is 45.0 Å². The number of rotatable bonds is 8. The van der Waals surface area contributed by atoms with Crippen LogP contribution in [0.1, 0.15) is 52.4 Å². The Balaban J connectivity index is 3.60. The molecule has 3 nitrogen and oxygen atoms in total. The molecule has 0 aromatic heterocycles. The first-order chi connectivity index (χ1) is 8.57. The molecule has 0 aliphatic carbocycles. The van der Waals surface area contributed by atoms with Crippen molar-refractivity contribution in [1.29, 1.82) is 0 Å². The van der Waals surface area contributed by atoms with Crippen LogP contribution < -0.4 is 0 Å². The van der Waals surface area contributed by atoms with E-state index in [0.29, 0.717) is 18.9 Å². The summed E-state index contributed by atoms with van der Waals surface area (Å²) in [6.07, 6.45) is 5.65. The number of aliphatic hydroxyl groups excluding tert-OH is 1. The zero-order chi connectivity index (χ0) is 13.8. The van der Waals surface area contributed by atoms with E-state index in [4.69, 9.17) is 5.11 Å². The molecule has 18 heavy (non-hydrogen) atoms. The van der Waals surface area contributed by atoms with Gasteiger partial charge in [-0.25, -0.2) is 0 Å². The van der Waals surface area contributed by atoms with Gasteiger partial charge in [0.05, 0.1) is 6.54 Å². The van der Waals surface area contributed by atoms with Crippen LogP contribution in [0.25, 0.3) is 0 Å². The summed E-state index contributed by atoms with van der Waals surface area (Å²) in [6, 6.07) is 0. The number of carbonyl (C=O) groups excluding carboxylic acids is 1. The quantitative estimate of drug-likeness (QED) is 0.533. The van der Waals surface area contributed by atoms with Gasteiger partial charge in [-0.05, 0) is 12.8 Å². The molecule has 0 heterocycles. The summed E-state index contributed by atoms with van der Waals surface area (Å²) in [4.78, 5) is 13.4. The molecule has 0 unspecified atom stereocenters.